The molecule has 1 aliphatic rings. The Morgan fingerprint density at radius 2 is 1.94 bits per heavy atom. The first kappa shape index (κ1) is 13.6. The summed E-state index contributed by atoms with van der Waals surface area (Å²) in [5, 5.41) is 3.68. The van der Waals surface area contributed by atoms with E-state index in [9.17, 15) is 0 Å². The zero-order valence-corrected chi connectivity index (χ0v) is 12.3. The molecule has 1 aromatic carbocycles. The van der Waals surface area contributed by atoms with Crippen molar-refractivity contribution >= 4 is 0 Å². The lowest BCUT2D eigenvalue weighted by atomic mass is 9.88. The van der Waals surface area contributed by atoms with Gasteiger partial charge in [-0.25, -0.2) is 0 Å². The van der Waals surface area contributed by atoms with Crippen LogP contribution in [0.2, 0.25) is 0 Å². The molecule has 1 aliphatic carbocycles. The molecule has 1 saturated carbocycles. The van der Waals surface area contributed by atoms with E-state index in [0.29, 0.717) is 11.5 Å². The summed E-state index contributed by atoms with van der Waals surface area (Å²) in [6.45, 7) is 10.2. The van der Waals surface area contributed by atoms with Crippen LogP contribution in [0.25, 0.3) is 0 Å². The zero-order valence-electron chi connectivity index (χ0n) is 12.3. The Bertz CT molecular complexity index is 404. The minimum atomic E-state index is 0.539. The van der Waals surface area contributed by atoms with Crippen LogP contribution in [0.5, 0.6) is 0 Å². The molecule has 1 aromatic rings. The van der Waals surface area contributed by atoms with Crippen LogP contribution in [0.4, 0.5) is 0 Å². The molecular weight excluding hydrogens is 218 g/mol. The molecular formula is C17H27N. The maximum atomic E-state index is 3.68. The Morgan fingerprint density at radius 3 is 2.50 bits per heavy atom. The molecule has 0 aliphatic heterocycles. The van der Waals surface area contributed by atoms with E-state index in [4.69, 9.17) is 0 Å². The molecule has 18 heavy (non-hydrogen) atoms. The van der Waals surface area contributed by atoms with E-state index in [1.165, 1.54) is 42.4 Å². The van der Waals surface area contributed by atoms with Gasteiger partial charge < -0.3 is 5.32 Å². The van der Waals surface area contributed by atoms with Gasteiger partial charge in [0.05, 0.1) is 0 Å². The van der Waals surface area contributed by atoms with E-state index >= 15 is 0 Å². The van der Waals surface area contributed by atoms with E-state index in [-0.39, 0.29) is 0 Å². The second-order valence-electron chi connectivity index (χ2n) is 6.13. The number of benzene rings is 1. The summed E-state index contributed by atoms with van der Waals surface area (Å²) in [4.78, 5) is 0. The van der Waals surface area contributed by atoms with Crippen molar-refractivity contribution in [2.45, 2.75) is 59.4 Å². The molecule has 2 rings (SSSR count). The average molecular weight is 245 g/mol. The third kappa shape index (κ3) is 2.95. The third-order valence-electron chi connectivity index (χ3n) is 4.64. The Kier molecular flexibility index (Phi) is 4.11. The normalized spacial score (nSPS) is 18.7. The second-order valence-corrected chi connectivity index (χ2v) is 6.13. The first-order valence-electron chi connectivity index (χ1n) is 7.37. The van der Waals surface area contributed by atoms with Crippen molar-refractivity contribution in [3.05, 3.63) is 34.9 Å². The highest BCUT2D eigenvalue weighted by atomic mass is 14.9. The van der Waals surface area contributed by atoms with Gasteiger partial charge in [-0.3, -0.25) is 0 Å². The highest BCUT2D eigenvalue weighted by Crippen LogP contribution is 2.51. The van der Waals surface area contributed by atoms with Crippen LogP contribution in [0, 0.1) is 19.3 Å². The highest BCUT2D eigenvalue weighted by Gasteiger charge is 2.46. The van der Waals surface area contributed by atoms with E-state index in [0.717, 1.165) is 6.54 Å². The van der Waals surface area contributed by atoms with E-state index < -0.39 is 0 Å². The maximum Gasteiger partial charge on any atom is 0.00983 e. The summed E-state index contributed by atoms with van der Waals surface area (Å²) in [6.07, 6.45) is 5.24. The van der Waals surface area contributed by atoms with Crippen molar-refractivity contribution in [2.24, 2.45) is 5.41 Å². The molecule has 0 spiro atoms. The molecule has 1 fully saturated rings. The summed E-state index contributed by atoms with van der Waals surface area (Å²) >= 11 is 0. The molecule has 0 aromatic heterocycles. The van der Waals surface area contributed by atoms with Gasteiger partial charge in [-0.2, -0.15) is 0 Å². The molecule has 1 heteroatoms. The summed E-state index contributed by atoms with van der Waals surface area (Å²) in [5.74, 6) is 0. The molecule has 0 heterocycles. The molecule has 0 bridgehead atoms. The van der Waals surface area contributed by atoms with Crippen molar-refractivity contribution in [1.82, 2.24) is 5.32 Å². The fourth-order valence-electron chi connectivity index (χ4n) is 2.82. The topological polar surface area (TPSA) is 12.0 Å². The van der Waals surface area contributed by atoms with E-state index in [2.05, 4.69) is 51.2 Å². The monoisotopic (exact) mass is 245 g/mol. The molecule has 0 saturated heterocycles. The Labute approximate surface area is 112 Å². The lowest BCUT2D eigenvalue weighted by Crippen LogP contribution is -2.36. The summed E-state index contributed by atoms with van der Waals surface area (Å²) in [5.41, 5.74) is 4.88. The van der Waals surface area contributed by atoms with Crippen LogP contribution in [0.15, 0.2) is 18.2 Å². The quantitative estimate of drug-likeness (QED) is 0.798. The van der Waals surface area contributed by atoms with Crippen LogP contribution >= 0.6 is 0 Å². The summed E-state index contributed by atoms with van der Waals surface area (Å²) in [6, 6.07) is 7.61. The lowest BCUT2D eigenvalue weighted by molar-refractivity contribution is 0.350. The number of rotatable bonds is 6. The Balaban J connectivity index is 2.01. The molecule has 1 N–H and O–H groups in total. The maximum absolute atomic E-state index is 3.68. The average Bonchev–Trinajstić information content (AvgIpc) is 3.12. The Hall–Kier alpha value is -0.820. The van der Waals surface area contributed by atoms with Gasteiger partial charge in [0, 0.05) is 6.04 Å². The number of hydrogen-bond acceptors (Lipinski definition) is 1. The molecule has 1 unspecified atom stereocenters. The minimum Gasteiger partial charge on any atom is -0.314 e. The molecule has 1 nitrogen and oxygen atoms in total. The third-order valence-corrected chi connectivity index (χ3v) is 4.64. The summed E-state index contributed by atoms with van der Waals surface area (Å²) in [7, 11) is 0. The van der Waals surface area contributed by atoms with Crippen LogP contribution < -0.4 is 5.32 Å². The van der Waals surface area contributed by atoms with Crippen molar-refractivity contribution in [1.29, 1.82) is 0 Å². The number of aryl methyl sites for hydroxylation is 2. The number of hydrogen-bond donors (Lipinski definition) is 1. The fraction of sp³-hybridized carbons (Fsp3) is 0.647. The summed E-state index contributed by atoms with van der Waals surface area (Å²) < 4.78 is 0. The highest BCUT2D eigenvalue weighted by molar-refractivity contribution is 5.31. The predicted octanol–water partition coefficient (Wildman–Crippen LogP) is 4.01. The number of nitrogens with one attached hydrogen (secondary N) is 1. The van der Waals surface area contributed by atoms with Gasteiger partial charge in [-0.15, -0.1) is 0 Å². The van der Waals surface area contributed by atoms with Crippen LogP contribution in [0.1, 0.15) is 49.8 Å². The van der Waals surface area contributed by atoms with Gasteiger partial charge in [-0.1, -0.05) is 25.1 Å². The van der Waals surface area contributed by atoms with Crippen molar-refractivity contribution in [3.63, 3.8) is 0 Å². The molecule has 0 amide bonds. The van der Waals surface area contributed by atoms with E-state index in [1.807, 2.05) is 0 Å². The minimum absolute atomic E-state index is 0.539. The van der Waals surface area contributed by atoms with Gasteiger partial charge >= 0.3 is 0 Å². The van der Waals surface area contributed by atoms with Crippen LogP contribution in [-0.2, 0) is 6.42 Å². The fourth-order valence-corrected chi connectivity index (χ4v) is 2.82. The molecule has 0 radical (unpaired) electrons. The zero-order chi connectivity index (χ0) is 13.2. The first-order chi connectivity index (χ1) is 8.57. The largest absolute Gasteiger partial charge is 0.314 e. The second kappa shape index (κ2) is 5.44. The van der Waals surface area contributed by atoms with Gasteiger partial charge in [-0.05, 0) is 75.1 Å². The van der Waals surface area contributed by atoms with Crippen molar-refractivity contribution in [3.8, 4) is 0 Å². The SMILES string of the molecule is CCCNC(C)C1(Cc2ccc(C)c(C)c2)CC1. The predicted molar refractivity (Wildman–Crippen MR) is 79.0 cm³/mol. The van der Waals surface area contributed by atoms with Crippen molar-refractivity contribution < 1.29 is 0 Å². The van der Waals surface area contributed by atoms with Gasteiger partial charge in [0.25, 0.3) is 0 Å². The lowest BCUT2D eigenvalue weighted by Gasteiger charge is -2.25. The van der Waals surface area contributed by atoms with Crippen LogP contribution in [0.3, 0.4) is 0 Å². The van der Waals surface area contributed by atoms with Crippen LogP contribution in [-0.4, -0.2) is 12.6 Å². The van der Waals surface area contributed by atoms with Crippen molar-refractivity contribution in [2.75, 3.05) is 6.54 Å². The first-order valence-corrected chi connectivity index (χ1v) is 7.37. The smallest absolute Gasteiger partial charge is 0.00983 e. The molecule has 1 atom stereocenters. The molecule has 100 valence electrons. The van der Waals surface area contributed by atoms with E-state index in [1.54, 1.807) is 0 Å². The van der Waals surface area contributed by atoms with Gasteiger partial charge in [0.1, 0.15) is 0 Å². The van der Waals surface area contributed by atoms with Gasteiger partial charge in [0.15, 0.2) is 0 Å². The Morgan fingerprint density at radius 1 is 1.22 bits per heavy atom. The van der Waals surface area contributed by atoms with Gasteiger partial charge in [0.2, 0.25) is 0 Å². The standard InChI is InChI=1S/C17H27N/c1-5-10-18-15(4)17(8-9-17)12-16-7-6-13(2)14(3)11-16/h6-7,11,15,18H,5,8-10,12H2,1-4H3.